The van der Waals surface area contributed by atoms with Crippen molar-refractivity contribution in [3.8, 4) is 11.4 Å². The first-order valence-electron chi connectivity index (χ1n) is 10.6. The van der Waals surface area contributed by atoms with Gasteiger partial charge in [-0.2, -0.15) is 4.52 Å². The number of piperidine rings is 2. The molecule has 0 spiro atoms. The highest BCUT2D eigenvalue weighted by molar-refractivity contribution is 5.79. The molecular weight excluding hydrogens is 364 g/mol. The van der Waals surface area contributed by atoms with Gasteiger partial charge in [-0.15, -0.1) is 15.3 Å². The van der Waals surface area contributed by atoms with Gasteiger partial charge in [-0.25, -0.2) is 0 Å². The first-order valence-corrected chi connectivity index (χ1v) is 10.6. The van der Waals surface area contributed by atoms with Crippen LogP contribution in [0.1, 0.15) is 32.1 Å². The Morgan fingerprint density at radius 1 is 0.862 bits per heavy atom. The number of fused-ring (bicyclic) bond motifs is 1. The van der Waals surface area contributed by atoms with Gasteiger partial charge in [0.25, 0.3) is 0 Å². The van der Waals surface area contributed by atoms with E-state index < -0.39 is 0 Å². The summed E-state index contributed by atoms with van der Waals surface area (Å²) in [6.45, 7) is 3.58. The van der Waals surface area contributed by atoms with E-state index in [9.17, 15) is 4.79 Å². The largest absolute Gasteiger partial charge is 0.355 e. The molecule has 1 amide bonds. The average Bonchev–Trinajstić information content (AvgIpc) is 3.23. The van der Waals surface area contributed by atoms with E-state index >= 15 is 0 Å². The van der Waals surface area contributed by atoms with Crippen LogP contribution in [0.15, 0.2) is 42.5 Å². The molecule has 0 aliphatic carbocycles. The molecule has 0 unspecified atom stereocenters. The smallest absolute Gasteiger partial charge is 0.225 e. The summed E-state index contributed by atoms with van der Waals surface area (Å²) in [6.07, 6.45) is 5.34. The van der Waals surface area contributed by atoms with Gasteiger partial charge in [0.05, 0.1) is 0 Å². The molecule has 0 bridgehead atoms. The lowest BCUT2D eigenvalue weighted by Gasteiger charge is -2.36. The van der Waals surface area contributed by atoms with Crippen molar-refractivity contribution in [3.05, 3.63) is 42.5 Å². The first kappa shape index (κ1) is 18.1. The van der Waals surface area contributed by atoms with E-state index in [0.717, 1.165) is 74.7 Å². The molecule has 2 aromatic heterocycles. The summed E-state index contributed by atoms with van der Waals surface area (Å²) in [5.41, 5.74) is 1.73. The van der Waals surface area contributed by atoms with Crippen LogP contribution in [0, 0.1) is 5.92 Å². The molecule has 3 aromatic rings. The fraction of sp³-hybridized carbons (Fsp3) is 0.455. The maximum Gasteiger partial charge on any atom is 0.225 e. The summed E-state index contributed by atoms with van der Waals surface area (Å²) in [6, 6.07) is 14.0. The van der Waals surface area contributed by atoms with Gasteiger partial charge in [0.2, 0.25) is 5.91 Å². The Labute approximate surface area is 170 Å². The molecule has 4 heterocycles. The highest BCUT2D eigenvalue weighted by atomic mass is 16.2. The molecule has 2 aliphatic rings. The van der Waals surface area contributed by atoms with Gasteiger partial charge >= 0.3 is 0 Å². The van der Waals surface area contributed by atoms with E-state index in [1.807, 2.05) is 47.0 Å². The van der Waals surface area contributed by atoms with E-state index in [-0.39, 0.29) is 5.92 Å². The summed E-state index contributed by atoms with van der Waals surface area (Å²) >= 11 is 0. The van der Waals surface area contributed by atoms with Gasteiger partial charge in [0.15, 0.2) is 11.5 Å². The zero-order chi connectivity index (χ0) is 19.6. The third-order valence-corrected chi connectivity index (χ3v) is 6.12. The molecule has 1 aromatic carbocycles. The second-order valence-electron chi connectivity index (χ2n) is 8.00. The number of anilines is 1. The minimum atomic E-state index is 0.155. The molecule has 150 valence electrons. The van der Waals surface area contributed by atoms with Crippen molar-refractivity contribution in [2.24, 2.45) is 5.92 Å². The lowest BCUT2D eigenvalue weighted by atomic mass is 9.94. The van der Waals surface area contributed by atoms with Gasteiger partial charge < -0.3 is 9.80 Å². The van der Waals surface area contributed by atoms with E-state index in [1.165, 1.54) is 6.42 Å². The maximum absolute atomic E-state index is 12.8. The average molecular weight is 390 g/mol. The van der Waals surface area contributed by atoms with Crippen molar-refractivity contribution in [3.63, 3.8) is 0 Å². The number of nitrogens with zero attached hydrogens (tertiary/aromatic N) is 6. The monoisotopic (exact) mass is 390 g/mol. The molecule has 2 saturated heterocycles. The normalized spacial score (nSPS) is 18.3. The molecule has 2 aliphatic heterocycles. The lowest BCUT2D eigenvalue weighted by molar-refractivity contribution is -0.137. The van der Waals surface area contributed by atoms with Crippen molar-refractivity contribution >= 4 is 17.4 Å². The second-order valence-corrected chi connectivity index (χ2v) is 8.00. The van der Waals surface area contributed by atoms with Crippen molar-refractivity contribution in [1.29, 1.82) is 0 Å². The SMILES string of the molecule is O=C(C1CCN(c2ccc3nnc(-c4ccccc4)n3n2)CC1)N1CCCCC1. The fourth-order valence-electron chi connectivity index (χ4n) is 4.44. The molecule has 2 fully saturated rings. The Kier molecular flexibility index (Phi) is 4.87. The topological polar surface area (TPSA) is 66.6 Å². The number of amides is 1. The molecule has 7 heteroatoms. The van der Waals surface area contributed by atoms with E-state index in [4.69, 9.17) is 5.10 Å². The highest BCUT2D eigenvalue weighted by Crippen LogP contribution is 2.26. The number of rotatable bonds is 3. The van der Waals surface area contributed by atoms with Crippen LogP contribution < -0.4 is 4.90 Å². The van der Waals surface area contributed by atoms with Gasteiger partial charge in [-0.3, -0.25) is 4.79 Å². The van der Waals surface area contributed by atoms with Crippen LogP contribution in [0.5, 0.6) is 0 Å². The number of aromatic nitrogens is 4. The van der Waals surface area contributed by atoms with Crippen LogP contribution in [-0.4, -0.2) is 56.8 Å². The Morgan fingerprint density at radius 3 is 2.38 bits per heavy atom. The van der Waals surface area contributed by atoms with Crippen LogP contribution >= 0.6 is 0 Å². The lowest BCUT2D eigenvalue weighted by Crippen LogP contribution is -2.44. The number of carbonyl (C=O) groups is 1. The number of hydrogen-bond donors (Lipinski definition) is 0. The van der Waals surface area contributed by atoms with Crippen LogP contribution in [0.2, 0.25) is 0 Å². The number of hydrogen-bond acceptors (Lipinski definition) is 5. The number of carbonyl (C=O) groups excluding carboxylic acids is 1. The molecule has 0 N–H and O–H groups in total. The van der Waals surface area contributed by atoms with E-state index in [1.54, 1.807) is 0 Å². The third kappa shape index (κ3) is 3.57. The van der Waals surface area contributed by atoms with Crippen LogP contribution in [0.25, 0.3) is 17.0 Å². The quantitative estimate of drug-likeness (QED) is 0.688. The Bertz CT molecular complexity index is 987. The zero-order valence-electron chi connectivity index (χ0n) is 16.6. The summed E-state index contributed by atoms with van der Waals surface area (Å²) < 4.78 is 1.82. The predicted octanol–water partition coefficient (Wildman–Crippen LogP) is 3.02. The third-order valence-electron chi connectivity index (χ3n) is 6.12. The van der Waals surface area contributed by atoms with E-state index in [0.29, 0.717) is 5.91 Å². The number of benzene rings is 1. The predicted molar refractivity (Wildman–Crippen MR) is 112 cm³/mol. The van der Waals surface area contributed by atoms with E-state index in [2.05, 4.69) is 20.0 Å². The van der Waals surface area contributed by atoms with Crippen molar-refractivity contribution in [1.82, 2.24) is 24.7 Å². The molecular formula is C22H26N6O. The van der Waals surface area contributed by atoms with Gasteiger partial charge in [0.1, 0.15) is 5.82 Å². The molecule has 0 saturated carbocycles. The Balaban J connectivity index is 1.31. The Hall–Kier alpha value is -2.96. The summed E-state index contributed by atoms with van der Waals surface area (Å²) in [5, 5.41) is 13.4. The second kappa shape index (κ2) is 7.81. The van der Waals surface area contributed by atoms with Gasteiger partial charge in [-0.1, -0.05) is 30.3 Å². The van der Waals surface area contributed by atoms with Crippen LogP contribution in [0.4, 0.5) is 5.82 Å². The highest BCUT2D eigenvalue weighted by Gasteiger charge is 2.29. The Morgan fingerprint density at radius 2 is 1.62 bits per heavy atom. The standard InChI is InChI=1S/C22H26N6O/c29-22(27-13-5-2-6-14-27)18-11-15-26(16-12-18)20-10-9-19-23-24-21(28(19)25-20)17-7-3-1-4-8-17/h1,3-4,7-10,18H,2,5-6,11-16H2. The molecule has 5 rings (SSSR count). The summed E-state index contributed by atoms with van der Waals surface area (Å²) in [7, 11) is 0. The molecule has 0 atom stereocenters. The van der Waals surface area contributed by atoms with Gasteiger partial charge in [-0.05, 0) is 44.2 Å². The summed E-state index contributed by atoms with van der Waals surface area (Å²) in [4.78, 5) is 17.2. The van der Waals surface area contributed by atoms with Crippen molar-refractivity contribution in [2.45, 2.75) is 32.1 Å². The number of likely N-dealkylation sites (tertiary alicyclic amines) is 1. The van der Waals surface area contributed by atoms with Crippen LogP contribution in [-0.2, 0) is 4.79 Å². The van der Waals surface area contributed by atoms with Gasteiger partial charge in [0, 0.05) is 37.7 Å². The van der Waals surface area contributed by atoms with Crippen LogP contribution in [0.3, 0.4) is 0 Å². The first-order chi connectivity index (χ1) is 14.3. The molecule has 7 nitrogen and oxygen atoms in total. The fourth-order valence-corrected chi connectivity index (χ4v) is 4.44. The molecule has 0 radical (unpaired) electrons. The minimum absolute atomic E-state index is 0.155. The maximum atomic E-state index is 12.8. The van der Waals surface area contributed by atoms with Crippen molar-refractivity contribution < 1.29 is 4.79 Å². The summed E-state index contributed by atoms with van der Waals surface area (Å²) in [5.74, 6) is 2.18. The minimum Gasteiger partial charge on any atom is -0.355 e. The van der Waals surface area contributed by atoms with Crippen molar-refractivity contribution in [2.75, 3.05) is 31.1 Å². The zero-order valence-corrected chi connectivity index (χ0v) is 16.6. The molecule has 29 heavy (non-hydrogen) atoms.